The van der Waals surface area contributed by atoms with E-state index in [4.69, 9.17) is 5.73 Å². The smallest absolute Gasteiger partial charge is 0.357 e. The lowest BCUT2D eigenvalue weighted by atomic mass is 9.87. The molecule has 0 radical (unpaired) electrons. The number of aliphatic hydroxyl groups excluding tert-OH is 1. The summed E-state index contributed by atoms with van der Waals surface area (Å²) >= 11 is 1.07. The van der Waals surface area contributed by atoms with Crippen molar-refractivity contribution in [1.82, 2.24) is 0 Å². The molecule has 7 heteroatoms. The summed E-state index contributed by atoms with van der Waals surface area (Å²) in [6.45, 7) is 1.38. The molecule has 1 aliphatic carbocycles. The molecule has 102 valence electrons. The summed E-state index contributed by atoms with van der Waals surface area (Å²) in [6, 6.07) is 0. The van der Waals surface area contributed by atoms with Crippen LogP contribution >= 0.6 is 19.4 Å². The van der Waals surface area contributed by atoms with Crippen molar-refractivity contribution in [3.63, 3.8) is 0 Å². The molecule has 0 saturated heterocycles. The number of thioether (sulfide) groups is 1. The minimum atomic E-state index is -4.50. The third kappa shape index (κ3) is 3.69. The monoisotopic (exact) mass is 283 g/mol. The van der Waals surface area contributed by atoms with Crippen LogP contribution in [0.4, 0.5) is 0 Å². The van der Waals surface area contributed by atoms with Gasteiger partial charge >= 0.3 is 7.60 Å². The van der Waals surface area contributed by atoms with Gasteiger partial charge in [0.1, 0.15) is 0 Å². The zero-order valence-corrected chi connectivity index (χ0v) is 11.8. The number of hydrogen-bond donors (Lipinski definition) is 4. The maximum absolute atomic E-state index is 11.3. The second-order valence-corrected chi connectivity index (χ2v) is 8.41. The third-order valence-electron chi connectivity index (χ3n) is 3.44. The van der Waals surface area contributed by atoms with Crippen LogP contribution in [0.3, 0.4) is 0 Å². The summed E-state index contributed by atoms with van der Waals surface area (Å²) in [6.07, 6.45) is 5.22. The van der Waals surface area contributed by atoms with Gasteiger partial charge in [-0.1, -0.05) is 26.2 Å². The van der Waals surface area contributed by atoms with Gasteiger partial charge in [-0.15, -0.1) is 11.8 Å². The third-order valence-corrected chi connectivity index (χ3v) is 7.06. The largest absolute Gasteiger partial charge is 0.393 e. The first-order valence-electron chi connectivity index (χ1n) is 5.97. The molecule has 0 aromatic carbocycles. The van der Waals surface area contributed by atoms with Crippen LogP contribution in [-0.4, -0.2) is 31.4 Å². The van der Waals surface area contributed by atoms with Crippen LogP contribution < -0.4 is 5.73 Å². The number of nitrogens with two attached hydrogens (primary N) is 1. The van der Waals surface area contributed by atoms with E-state index in [1.54, 1.807) is 0 Å². The quantitative estimate of drug-likeness (QED) is 0.450. The normalized spacial score (nSPS) is 29.9. The van der Waals surface area contributed by atoms with Crippen molar-refractivity contribution in [3.8, 4) is 0 Å². The average molecular weight is 283 g/mol. The molecule has 0 amide bonds. The van der Waals surface area contributed by atoms with Gasteiger partial charge < -0.3 is 20.6 Å². The fourth-order valence-corrected chi connectivity index (χ4v) is 4.80. The summed E-state index contributed by atoms with van der Waals surface area (Å²) in [7, 11) is -4.50. The molecule has 0 bridgehead atoms. The number of aliphatic hydroxyl groups is 1. The SMILES string of the molecule is CCC1CCCCC1SC(N)(CO)P(=O)(O)O. The van der Waals surface area contributed by atoms with Gasteiger partial charge in [0.2, 0.25) is 0 Å². The molecule has 1 rings (SSSR count). The zero-order chi connectivity index (χ0) is 13.1. The van der Waals surface area contributed by atoms with Crippen molar-refractivity contribution < 1.29 is 19.5 Å². The molecule has 0 heterocycles. The molecule has 5 N–H and O–H groups in total. The molecular formula is C10H22NO4PS. The van der Waals surface area contributed by atoms with Crippen molar-refractivity contribution in [3.05, 3.63) is 0 Å². The van der Waals surface area contributed by atoms with Gasteiger partial charge in [-0.25, -0.2) is 0 Å². The van der Waals surface area contributed by atoms with Crippen molar-refractivity contribution in [2.24, 2.45) is 11.7 Å². The molecule has 1 saturated carbocycles. The molecule has 3 unspecified atom stereocenters. The highest BCUT2D eigenvalue weighted by Crippen LogP contribution is 2.56. The van der Waals surface area contributed by atoms with E-state index >= 15 is 0 Å². The van der Waals surface area contributed by atoms with Crippen molar-refractivity contribution in [2.75, 3.05) is 6.61 Å². The number of hydrogen-bond acceptors (Lipinski definition) is 4. The lowest BCUT2D eigenvalue weighted by molar-refractivity contribution is 0.252. The summed E-state index contributed by atoms with van der Waals surface area (Å²) in [5, 5.41) is 9.31. The van der Waals surface area contributed by atoms with E-state index in [0.717, 1.165) is 37.4 Å². The Morgan fingerprint density at radius 1 is 1.41 bits per heavy atom. The summed E-state index contributed by atoms with van der Waals surface area (Å²) in [4.78, 5) is 18.5. The van der Waals surface area contributed by atoms with Gasteiger partial charge in [0.25, 0.3) is 0 Å². The second-order valence-electron chi connectivity index (χ2n) is 4.66. The first kappa shape index (κ1) is 15.5. The van der Waals surface area contributed by atoms with Crippen LogP contribution in [0.15, 0.2) is 0 Å². The molecule has 0 aromatic heterocycles. The maximum Gasteiger partial charge on any atom is 0.357 e. The van der Waals surface area contributed by atoms with E-state index in [-0.39, 0.29) is 5.25 Å². The van der Waals surface area contributed by atoms with Crippen LogP contribution in [0.5, 0.6) is 0 Å². The Morgan fingerprint density at radius 3 is 2.47 bits per heavy atom. The highest BCUT2D eigenvalue weighted by molar-refractivity contribution is 8.06. The molecule has 0 spiro atoms. The molecule has 1 aliphatic rings. The van der Waals surface area contributed by atoms with Gasteiger partial charge in [-0.2, -0.15) is 0 Å². The van der Waals surface area contributed by atoms with Crippen LogP contribution in [0.25, 0.3) is 0 Å². The highest BCUT2D eigenvalue weighted by Gasteiger charge is 2.46. The van der Waals surface area contributed by atoms with E-state index in [1.165, 1.54) is 6.42 Å². The summed E-state index contributed by atoms with van der Waals surface area (Å²) < 4.78 is 9.50. The fourth-order valence-electron chi connectivity index (χ4n) is 2.26. The lowest BCUT2D eigenvalue weighted by Crippen LogP contribution is -2.43. The van der Waals surface area contributed by atoms with Gasteiger partial charge in [0, 0.05) is 5.25 Å². The van der Waals surface area contributed by atoms with E-state index < -0.39 is 18.8 Å². The minimum absolute atomic E-state index is 0.138. The van der Waals surface area contributed by atoms with Crippen molar-refractivity contribution in [1.29, 1.82) is 0 Å². The van der Waals surface area contributed by atoms with Gasteiger partial charge in [-0.3, -0.25) is 4.57 Å². The summed E-state index contributed by atoms with van der Waals surface area (Å²) in [5.41, 5.74) is 5.67. The predicted octanol–water partition coefficient (Wildman–Crippen LogP) is 1.47. The molecular weight excluding hydrogens is 261 g/mol. The van der Waals surface area contributed by atoms with Crippen LogP contribution in [-0.2, 0) is 4.57 Å². The molecule has 17 heavy (non-hydrogen) atoms. The maximum atomic E-state index is 11.3. The van der Waals surface area contributed by atoms with E-state index in [0.29, 0.717) is 5.92 Å². The molecule has 3 atom stereocenters. The average Bonchev–Trinajstić information content (AvgIpc) is 2.28. The van der Waals surface area contributed by atoms with Gasteiger partial charge in [0.05, 0.1) is 6.61 Å². The molecule has 0 aromatic rings. The molecule has 1 fully saturated rings. The second kappa shape index (κ2) is 6.04. The van der Waals surface area contributed by atoms with Gasteiger partial charge in [-0.05, 0) is 18.8 Å². The Hall–Kier alpha value is 0.420. The standard InChI is InChI=1S/C10H22NO4PS/c1-2-8-5-3-4-6-9(8)17-10(11,7-12)16(13,14)15/h8-9,12H,2-7,11H2,1H3,(H2,13,14,15). The van der Waals surface area contributed by atoms with E-state index in [1.807, 2.05) is 0 Å². The van der Waals surface area contributed by atoms with Gasteiger partial charge in [0.15, 0.2) is 4.61 Å². The predicted molar refractivity (Wildman–Crippen MR) is 69.7 cm³/mol. The minimum Gasteiger partial charge on any atom is -0.393 e. The fraction of sp³-hybridized carbons (Fsp3) is 1.00. The Morgan fingerprint density at radius 2 is 2.00 bits per heavy atom. The zero-order valence-electron chi connectivity index (χ0n) is 10.1. The lowest BCUT2D eigenvalue weighted by Gasteiger charge is -2.37. The Labute approximate surface area is 106 Å². The van der Waals surface area contributed by atoms with Crippen molar-refractivity contribution >= 4 is 19.4 Å². The van der Waals surface area contributed by atoms with Crippen LogP contribution in [0, 0.1) is 5.92 Å². The first-order chi connectivity index (χ1) is 7.84. The Kier molecular flexibility index (Phi) is 5.50. The van der Waals surface area contributed by atoms with Crippen LogP contribution in [0.2, 0.25) is 0 Å². The highest BCUT2D eigenvalue weighted by atomic mass is 32.2. The molecule has 5 nitrogen and oxygen atoms in total. The number of rotatable bonds is 5. The Bertz CT molecular complexity index is 298. The summed E-state index contributed by atoms with van der Waals surface area (Å²) in [5.74, 6) is 0.440. The van der Waals surface area contributed by atoms with E-state index in [2.05, 4.69) is 6.92 Å². The van der Waals surface area contributed by atoms with Crippen LogP contribution in [0.1, 0.15) is 39.0 Å². The van der Waals surface area contributed by atoms with E-state index in [9.17, 15) is 19.5 Å². The topological polar surface area (TPSA) is 104 Å². The molecule has 0 aliphatic heterocycles. The first-order valence-corrected chi connectivity index (χ1v) is 8.46. The van der Waals surface area contributed by atoms with Crippen molar-refractivity contribution in [2.45, 2.75) is 48.9 Å². The Balaban J connectivity index is 2.76.